The molecule has 2 aliphatic rings. The molecule has 0 bridgehead atoms. The zero-order chi connectivity index (χ0) is 14.4. The van der Waals surface area contributed by atoms with Gasteiger partial charge in [-0.15, -0.1) is 0 Å². The summed E-state index contributed by atoms with van der Waals surface area (Å²) < 4.78 is 5.69. The van der Waals surface area contributed by atoms with Crippen LogP contribution >= 0.6 is 0 Å². The Balaban J connectivity index is 1.69. The summed E-state index contributed by atoms with van der Waals surface area (Å²) in [5, 5.41) is 3.65. The maximum absolute atomic E-state index is 5.69. The molecule has 0 aromatic rings. The summed E-state index contributed by atoms with van der Waals surface area (Å²) in [5.41, 5.74) is 0. The summed E-state index contributed by atoms with van der Waals surface area (Å²) in [5.74, 6) is 1.59. The number of piperidine rings is 1. The van der Waals surface area contributed by atoms with Crippen molar-refractivity contribution >= 4 is 0 Å². The Morgan fingerprint density at radius 1 is 1.20 bits per heavy atom. The molecule has 2 aliphatic heterocycles. The third kappa shape index (κ3) is 4.99. The number of likely N-dealkylation sites (tertiary alicyclic amines) is 1. The quantitative estimate of drug-likeness (QED) is 0.762. The predicted octanol–water partition coefficient (Wildman–Crippen LogP) is 1.27. The lowest BCUT2D eigenvalue weighted by Crippen LogP contribution is -2.45. The molecule has 2 rings (SSSR count). The first-order valence-electron chi connectivity index (χ1n) is 8.37. The van der Waals surface area contributed by atoms with Crippen LogP contribution < -0.4 is 5.32 Å². The molecule has 2 fully saturated rings. The van der Waals surface area contributed by atoms with Crippen LogP contribution in [-0.4, -0.2) is 75.9 Å². The van der Waals surface area contributed by atoms with Gasteiger partial charge in [-0.25, -0.2) is 0 Å². The van der Waals surface area contributed by atoms with Crippen molar-refractivity contribution in [1.82, 2.24) is 15.1 Å². The Morgan fingerprint density at radius 3 is 2.60 bits per heavy atom. The first-order valence-corrected chi connectivity index (χ1v) is 8.37. The van der Waals surface area contributed by atoms with E-state index in [0.717, 1.165) is 25.7 Å². The van der Waals surface area contributed by atoms with Crippen molar-refractivity contribution in [2.75, 3.05) is 60.0 Å². The maximum atomic E-state index is 5.69. The zero-order valence-electron chi connectivity index (χ0n) is 13.6. The summed E-state index contributed by atoms with van der Waals surface area (Å²) in [7, 11) is 4.37. The van der Waals surface area contributed by atoms with Crippen LogP contribution in [0.5, 0.6) is 0 Å². The van der Waals surface area contributed by atoms with Gasteiger partial charge < -0.3 is 19.9 Å². The van der Waals surface area contributed by atoms with Crippen LogP contribution in [0.1, 0.15) is 26.2 Å². The lowest BCUT2D eigenvalue weighted by atomic mass is 9.94. The molecule has 0 radical (unpaired) electrons. The van der Waals surface area contributed by atoms with E-state index in [1.54, 1.807) is 0 Å². The molecule has 1 N–H and O–H groups in total. The van der Waals surface area contributed by atoms with Gasteiger partial charge in [0, 0.05) is 25.0 Å². The number of hydrogen-bond donors (Lipinski definition) is 1. The summed E-state index contributed by atoms with van der Waals surface area (Å²) >= 11 is 0. The largest absolute Gasteiger partial charge is 0.379 e. The SMILES string of the molecule is CCCNC1COCC1CN1CCC(CN(C)C)CC1. The van der Waals surface area contributed by atoms with Gasteiger partial charge in [-0.1, -0.05) is 6.92 Å². The van der Waals surface area contributed by atoms with E-state index in [4.69, 9.17) is 4.74 Å². The topological polar surface area (TPSA) is 27.7 Å². The van der Waals surface area contributed by atoms with Crippen molar-refractivity contribution in [1.29, 1.82) is 0 Å². The van der Waals surface area contributed by atoms with Crippen molar-refractivity contribution in [3.05, 3.63) is 0 Å². The second-order valence-corrected chi connectivity index (χ2v) is 6.86. The number of hydrogen-bond acceptors (Lipinski definition) is 4. The van der Waals surface area contributed by atoms with Gasteiger partial charge in [0.25, 0.3) is 0 Å². The smallest absolute Gasteiger partial charge is 0.0623 e. The molecule has 2 heterocycles. The van der Waals surface area contributed by atoms with Gasteiger partial charge in [0.15, 0.2) is 0 Å². The zero-order valence-corrected chi connectivity index (χ0v) is 13.6. The van der Waals surface area contributed by atoms with E-state index in [1.165, 1.54) is 45.4 Å². The van der Waals surface area contributed by atoms with Crippen molar-refractivity contribution in [3.8, 4) is 0 Å². The lowest BCUT2D eigenvalue weighted by molar-refractivity contribution is 0.130. The minimum Gasteiger partial charge on any atom is -0.379 e. The predicted molar refractivity (Wildman–Crippen MR) is 84.1 cm³/mol. The monoisotopic (exact) mass is 283 g/mol. The van der Waals surface area contributed by atoms with Crippen LogP contribution in [0.4, 0.5) is 0 Å². The minimum absolute atomic E-state index is 0.578. The highest BCUT2D eigenvalue weighted by Crippen LogP contribution is 2.21. The van der Waals surface area contributed by atoms with Crippen LogP contribution in [0.15, 0.2) is 0 Å². The van der Waals surface area contributed by atoms with E-state index in [0.29, 0.717) is 12.0 Å². The first-order chi connectivity index (χ1) is 9.69. The Bertz CT molecular complexity index is 264. The van der Waals surface area contributed by atoms with Crippen molar-refractivity contribution in [2.45, 2.75) is 32.2 Å². The van der Waals surface area contributed by atoms with Gasteiger partial charge in [0.2, 0.25) is 0 Å². The van der Waals surface area contributed by atoms with E-state index in [-0.39, 0.29) is 0 Å². The van der Waals surface area contributed by atoms with E-state index in [2.05, 4.69) is 36.1 Å². The van der Waals surface area contributed by atoms with E-state index in [9.17, 15) is 0 Å². The summed E-state index contributed by atoms with van der Waals surface area (Å²) in [6.07, 6.45) is 3.93. The van der Waals surface area contributed by atoms with Crippen LogP contribution in [-0.2, 0) is 4.74 Å². The fourth-order valence-corrected chi connectivity index (χ4v) is 3.53. The molecule has 0 saturated carbocycles. The van der Waals surface area contributed by atoms with E-state index in [1.807, 2.05) is 0 Å². The van der Waals surface area contributed by atoms with Gasteiger partial charge in [-0.05, 0) is 58.9 Å². The molecule has 2 atom stereocenters. The molecule has 0 spiro atoms. The molecule has 20 heavy (non-hydrogen) atoms. The lowest BCUT2D eigenvalue weighted by Gasteiger charge is -2.35. The van der Waals surface area contributed by atoms with Crippen molar-refractivity contribution in [2.24, 2.45) is 11.8 Å². The maximum Gasteiger partial charge on any atom is 0.0623 e. The Kier molecular flexibility index (Phi) is 6.75. The van der Waals surface area contributed by atoms with Crippen LogP contribution in [0.2, 0.25) is 0 Å². The highest BCUT2D eigenvalue weighted by molar-refractivity contribution is 4.85. The highest BCUT2D eigenvalue weighted by atomic mass is 16.5. The summed E-state index contributed by atoms with van der Waals surface area (Å²) in [6.45, 7) is 10.2. The minimum atomic E-state index is 0.578. The molecule has 0 amide bonds. The molecule has 4 heteroatoms. The molecule has 2 unspecified atom stereocenters. The molecule has 0 aromatic heterocycles. The van der Waals surface area contributed by atoms with Gasteiger partial charge in [-0.2, -0.15) is 0 Å². The number of rotatable bonds is 7. The molecule has 4 nitrogen and oxygen atoms in total. The molecule has 2 saturated heterocycles. The summed E-state index contributed by atoms with van der Waals surface area (Å²) in [6, 6.07) is 0.578. The summed E-state index contributed by atoms with van der Waals surface area (Å²) in [4.78, 5) is 4.99. The van der Waals surface area contributed by atoms with Gasteiger partial charge in [-0.3, -0.25) is 0 Å². The fourth-order valence-electron chi connectivity index (χ4n) is 3.53. The normalized spacial score (nSPS) is 29.4. The van der Waals surface area contributed by atoms with Gasteiger partial charge >= 0.3 is 0 Å². The number of nitrogens with zero attached hydrogens (tertiary/aromatic N) is 2. The number of nitrogens with one attached hydrogen (secondary N) is 1. The van der Waals surface area contributed by atoms with Crippen LogP contribution in [0.3, 0.4) is 0 Å². The Hall–Kier alpha value is -0.160. The molecular weight excluding hydrogens is 250 g/mol. The van der Waals surface area contributed by atoms with Crippen LogP contribution in [0.25, 0.3) is 0 Å². The molecule has 118 valence electrons. The molecule has 0 aromatic carbocycles. The van der Waals surface area contributed by atoms with Crippen molar-refractivity contribution < 1.29 is 4.74 Å². The van der Waals surface area contributed by atoms with E-state index >= 15 is 0 Å². The standard InChI is InChI=1S/C16H33N3O/c1-4-7-17-16-13-20-12-15(16)11-19-8-5-14(6-9-19)10-18(2)3/h14-17H,4-13H2,1-3H3. The second-order valence-electron chi connectivity index (χ2n) is 6.86. The molecule has 0 aliphatic carbocycles. The second kappa shape index (κ2) is 8.32. The van der Waals surface area contributed by atoms with Gasteiger partial charge in [0.1, 0.15) is 0 Å². The third-order valence-corrected chi connectivity index (χ3v) is 4.68. The third-order valence-electron chi connectivity index (χ3n) is 4.68. The first kappa shape index (κ1) is 16.2. The Morgan fingerprint density at radius 2 is 1.95 bits per heavy atom. The highest BCUT2D eigenvalue weighted by Gasteiger charge is 2.30. The molecular formula is C16H33N3O. The fraction of sp³-hybridized carbons (Fsp3) is 1.00. The number of ether oxygens (including phenoxy) is 1. The van der Waals surface area contributed by atoms with Crippen molar-refractivity contribution in [3.63, 3.8) is 0 Å². The van der Waals surface area contributed by atoms with E-state index < -0.39 is 0 Å². The average Bonchev–Trinajstić information content (AvgIpc) is 2.85. The Labute approximate surface area is 124 Å². The van der Waals surface area contributed by atoms with Crippen LogP contribution in [0, 0.1) is 11.8 Å². The average molecular weight is 283 g/mol. The van der Waals surface area contributed by atoms with Gasteiger partial charge in [0.05, 0.1) is 13.2 Å².